The molecule has 1 fully saturated rings. The van der Waals surface area contributed by atoms with Crippen LogP contribution in [-0.4, -0.2) is 42.1 Å². The van der Waals surface area contributed by atoms with E-state index in [1.807, 2.05) is 25.1 Å². The number of anilines is 1. The van der Waals surface area contributed by atoms with Gasteiger partial charge in [-0.05, 0) is 37.6 Å². The normalized spacial score (nSPS) is 18.3. The van der Waals surface area contributed by atoms with Crippen LogP contribution in [0.3, 0.4) is 0 Å². The first-order valence-electron chi connectivity index (χ1n) is 9.05. The topological polar surface area (TPSA) is 95.9 Å². The molecule has 0 aromatic heterocycles. The SMILES string of the molecule is CCN1C(=O)C(CC(=O)Nc2ccccc2C)S/C1=N\S(=O)(=O)c1ccccc1. The summed E-state index contributed by atoms with van der Waals surface area (Å²) in [5.74, 6) is -0.632. The number of rotatable bonds is 6. The maximum atomic E-state index is 12.7. The van der Waals surface area contributed by atoms with E-state index in [4.69, 9.17) is 0 Å². The number of nitrogens with zero attached hydrogens (tertiary/aromatic N) is 2. The molecule has 7 nitrogen and oxygen atoms in total. The van der Waals surface area contributed by atoms with E-state index in [0.29, 0.717) is 5.69 Å². The first kappa shape index (κ1) is 21.1. The Hall–Kier alpha value is -2.65. The van der Waals surface area contributed by atoms with Crippen molar-refractivity contribution >= 4 is 44.5 Å². The average molecular weight is 432 g/mol. The fourth-order valence-corrected chi connectivity index (χ4v) is 5.27. The van der Waals surface area contributed by atoms with Crippen LogP contribution in [0.4, 0.5) is 5.69 Å². The van der Waals surface area contributed by atoms with E-state index >= 15 is 0 Å². The Balaban J connectivity index is 1.77. The van der Waals surface area contributed by atoms with Gasteiger partial charge in [-0.15, -0.1) is 4.40 Å². The first-order chi connectivity index (χ1) is 13.8. The predicted molar refractivity (Wildman–Crippen MR) is 114 cm³/mol. The third kappa shape index (κ3) is 4.86. The quantitative estimate of drug-likeness (QED) is 0.758. The molecular weight excluding hydrogens is 410 g/mol. The summed E-state index contributed by atoms with van der Waals surface area (Å²) < 4.78 is 29.0. The second-order valence-electron chi connectivity index (χ2n) is 6.42. The van der Waals surface area contributed by atoms with Crippen molar-refractivity contribution in [1.29, 1.82) is 0 Å². The lowest BCUT2D eigenvalue weighted by molar-refractivity contribution is -0.128. The molecular formula is C20H21N3O4S2. The molecule has 2 aromatic carbocycles. The lowest BCUT2D eigenvalue weighted by atomic mass is 10.2. The number of benzene rings is 2. The summed E-state index contributed by atoms with van der Waals surface area (Å²) in [4.78, 5) is 26.5. The van der Waals surface area contributed by atoms with Crippen molar-refractivity contribution in [1.82, 2.24) is 4.90 Å². The zero-order chi connectivity index (χ0) is 21.0. The molecule has 1 N–H and O–H groups in total. The number of sulfonamides is 1. The monoisotopic (exact) mass is 431 g/mol. The fraction of sp³-hybridized carbons (Fsp3) is 0.250. The minimum atomic E-state index is -3.94. The highest BCUT2D eigenvalue weighted by molar-refractivity contribution is 8.16. The molecule has 0 aliphatic carbocycles. The van der Waals surface area contributed by atoms with Crippen LogP contribution in [0.2, 0.25) is 0 Å². The number of aryl methyl sites for hydroxylation is 1. The molecule has 1 unspecified atom stereocenters. The molecule has 9 heteroatoms. The lowest BCUT2D eigenvalue weighted by Crippen LogP contribution is -2.33. The van der Waals surface area contributed by atoms with Crippen molar-refractivity contribution in [2.45, 2.75) is 30.4 Å². The van der Waals surface area contributed by atoms with Crippen molar-refractivity contribution < 1.29 is 18.0 Å². The second-order valence-corrected chi connectivity index (χ2v) is 9.19. The molecule has 0 spiro atoms. The number of carbonyl (C=O) groups excluding carboxylic acids is 2. The predicted octanol–water partition coefficient (Wildman–Crippen LogP) is 3.03. The Bertz CT molecular complexity index is 1050. The minimum Gasteiger partial charge on any atom is -0.326 e. The molecule has 152 valence electrons. The average Bonchev–Trinajstić information content (AvgIpc) is 2.97. The summed E-state index contributed by atoms with van der Waals surface area (Å²) in [6, 6.07) is 15.2. The number of nitrogens with one attached hydrogen (secondary N) is 1. The van der Waals surface area contributed by atoms with E-state index in [1.165, 1.54) is 17.0 Å². The van der Waals surface area contributed by atoms with Crippen molar-refractivity contribution in [2.24, 2.45) is 4.40 Å². The Morgan fingerprint density at radius 1 is 1.14 bits per heavy atom. The van der Waals surface area contributed by atoms with Gasteiger partial charge in [0.15, 0.2) is 5.17 Å². The van der Waals surface area contributed by atoms with Crippen LogP contribution in [0.1, 0.15) is 18.9 Å². The maximum absolute atomic E-state index is 12.7. The molecule has 1 saturated heterocycles. The lowest BCUT2D eigenvalue weighted by Gasteiger charge is -2.13. The van der Waals surface area contributed by atoms with Gasteiger partial charge >= 0.3 is 0 Å². The van der Waals surface area contributed by atoms with Crippen LogP contribution in [0.5, 0.6) is 0 Å². The van der Waals surface area contributed by atoms with E-state index < -0.39 is 15.3 Å². The van der Waals surface area contributed by atoms with Gasteiger partial charge in [-0.3, -0.25) is 14.5 Å². The second kappa shape index (κ2) is 8.79. The molecule has 1 aliphatic rings. The van der Waals surface area contributed by atoms with E-state index in [1.54, 1.807) is 31.2 Å². The van der Waals surface area contributed by atoms with Crippen LogP contribution in [0.25, 0.3) is 0 Å². The molecule has 1 aliphatic heterocycles. The summed E-state index contributed by atoms with van der Waals surface area (Å²) in [7, 11) is -3.94. The number of hydrogen-bond acceptors (Lipinski definition) is 5. The smallest absolute Gasteiger partial charge is 0.284 e. The van der Waals surface area contributed by atoms with Crippen LogP contribution in [0.15, 0.2) is 63.9 Å². The zero-order valence-electron chi connectivity index (χ0n) is 16.0. The zero-order valence-corrected chi connectivity index (χ0v) is 17.7. The maximum Gasteiger partial charge on any atom is 0.284 e. The highest BCUT2D eigenvalue weighted by atomic mass is 32.2. The molecule has 2 aromatic rings. The van der Waals surface area contributed by atoms with Gasteiger partial charge in [0.2, 0.25) is 11.8 Å². The van der Waals surface area contributed by atoms with Gasteiger partial charge in [0.1, 0.15) is 5.25 Å². The van der Waals surface area contributed by atoms with Crippen molar-refractivity contribution in [3.63, 3.8) is 0 Å². The van der Waals surface area contributed by atoms with Gasteiger partial charge in [-0.2, -0.15) is 8.42 Å². The van der Waals surface area contributed by atoms with E-state index in [-0.39, 0.29) is 34.8 Å². The summed E-state index contributed by atoms with van der Waals surface area (Å²) in [6.45, 7) is 3.88. The Kier molecular flexibility index (Phi) is 6.39. The van der Waals surface area contributed by atoms with Crippen molar-refractivity contribution in [2.75, 3.05) is 11.9 Å². The van der Waals surface area contributed by atoms with Gasteiger partial charge in [0, 0.05) is 18.7 Å². The van der Waals surface area contributed by atoms with E-state index in [2.05, 4.69) is 9.71 Å². The number of hydrogen-bond donors (Lipinski definition) is 1. The van der Waals surface area contributed by atoms with E-state index in [9.17, 15) is 18.0 Å². The number of carbonyl (C=O) groups is 2. The first-order valence-corrected chi connectivity index (χ1v) is 11.4. The van der Waals surface area contributed by atoms with Gasteiger partial charge < -0.3 is 5.32 Å². The summed E-state index contributed by atoms with van der Waals surface area (Å²) in [6.07, 6.45) is -0.0707. The molecule has 1 heterocycles. The highest BCUT2D eigenvalue weighted by Gasteiger charge is 2.39. The molecule has 0 radical (unpaired) electrons. The number of amidine groups is 1. The van der Waals surface area contributed by atoms with Crippen molar-refractivity contribution in [3.8, 4) is 0 Å². The Morgan fingerprint density at radius 2 is 1.79 bits per heavy atom. The summed E-state index contributed by atoms with van der Waals surface area (Å²) in [5.41, 5.74) is 1.60. The molecule has 0 saturated carbocycles. The highest BCUT2D eigenvalue weighted by Crippen LogP contribution is 2.31. The third-order valence-electron chi connectivity index (χ3n) is 4.37. The van der Waals surface area contributed by atoms with Gasteiger partial charge in [-0.1, -0.05) is 48.2 Å². The number of thioether (sulfide) groups is 1. The minimum absolute atomic E-state index is 0.0531. The summed E-state index contributed by atoms with van der Waals surface area (Å²) >= 11 is 1.00. The molecule has 3 rings (SSSR count). The van der Waals surface area contributed by atoms with Gasteiger partial charge in [-0.25, -0.2) is 0 Å². The van der Waals surface area contributed by atoms with Crippen LogP contribution in [-0.2, 0) is 19.6 Å². The fourth-order valence-electron chi connectivity index (χ4n) is 2.83. The third-order valence-corrected chi connectivity index (χ3v) is 6.94. The van der Waals surface area contributed by atoms with E-state index in [0.717, 1.165) is 17.3 Å². The van der Waals surface area contributed by atoms with Gasteiger partial charge in [0.05, 0.1) is 4.90 Å². The number of para-hydroxylation sites is 1. The summed E-state index contributed by atoms with van der Waals surface area (Å²) in [5, 5.41) is 2.17. The standard InChI is InChI=1S/C20H21N3O4S2/c1-3-23-19(25)17(13-18(24)21-16-12-8-7-9-14(16)2)28-20(23)22-29(26,27)15-10-5-4-6-11-15/h4-12,17H,3,13H2,1-2H3,(H,21,24)/b22-20-. The van der Waals surface area contributed by atoms with Crippen molar-refractivity contribution in [3.05, 3.63) is 60.2 Å². The molecule has 1 atom stereocenters. The van der Waals surface area contributed by atoms with Crippen LogP contribution < -0.4 is 5.32 Å². The van der Waals surface area contributed by atoms with Gasteiger partial charge in [0.25, 0.3) is 10.0 Å². The molecule has 2 amide bonds. The number of amides is 2. The van der Waals surface area contributed by atoms with Crippen LogP contribution in [0, 0.1) is 6.92 Å². The Labute approximate surface area is 174 Å². The largest absolute Gasteiger partial charge is 0.326 e. The van der Waals surface area contributed by atoms with Crippen LogP contribution >= 0.6 is 11.8 Å². The Morgan fingerprint density at radius 3 is 2.45 bits per heavy atom. The molecule has 29 heavy (non-hydrogen) atoms. The molecule has 0 bridgehead atoms.